The van der Waals surface area contributed by atoms with Crippen LogP contribution in [0, 0.1) is 0 Å². The van der Waals surface area contributed by atoms with Gasteiger partial charge in [-0.25, -0.2) is 0 Å². The number of benzene rings is 2. The third-order valence-corrected chi connectivity index (χ3v) is 4.34. The fraction of sp³-hybridized carbons (Fsp3) is 0.368. The first kappa shape index (κ1) is 14.2. The maximum Gasteiger partial charge on any atom is 0.122 e. The molecule has 2 aromatic rings. The molecule has 0 amide bonds. The van der Waals surface area contributed by atoms with E-state index in [1.165, 1.54) is 41.5 Å². The Hall–Kier alpha value is -1.80. The second-order valence-corrected chi connectivity index (χ2v) is 5.94. The molecular formula is C19H23NO. The highest BCUT2D eigenvalue weighted by atomic mass is 16.5. The van der Waals surface area contributed by atoms with E-state index < -0.39 is 0 Å². The largest absolute Gasteiger partial charge is 0.496 e. The molecule has 1 aliphatic rings. The van der Waals surface area contributed by atoms with E-state index in [4.69, 9.17) is 10.5 Å². The van der Waals surface area contributed by atoms with Gasteiger partial charge in [0.2, 0.25) is 0 Å². The number of ether oxygens (including phenoxy) is 1. The van der Waals surface area contributed by atoms with Crippen LogP contribution in [0.15, 0.2) is 42.5 Å². The van der Waals surface area contributed by atoms with E-state index in [-0.39, 0.29) is 6.04 Å². The molecular weight excluding hydrogens is 258 g/mol. The number of fused-ring (bicyclic) bond motifs is 1. The summed E-state index contributed by atoms with van der Waals surface area (Å²) in [5, 5.41) is 0. The molecule has 2 nitrogen and oxygen atoms in total. The fourth-order valence-corrected chi connectivity index (χ4v) is 3.28. The van der Waals surface area contributed by atoms with Crippen LogP contribution in [-0.2, 0) is 25.7 Å². The van der Waals surface area contributed by atoms with Crippen molar-refractivity contribution < 1.29 is 4.74 Å². The van der Waals surface area contributed by atoms with Gasteiger partial charge in [0.15, 0.2) is 0 Å². The Morgan fingerprint density at radius 2 is 1.86 bits per heavy atom. The molecule has 0 aromatic heterocycles. The van der Waals surface area contributed by atoms with Crippen LogP contribution < -0.4 is 10.5 Å². The quantitative estimate of drug-likeness (QED) is 0.912. The molecule has 2 N–H and O–H groups in total. The van der Waals surface area contributed by atoms with Crippen molar-refractivity contribution in [2.45, 2.75) is 38.1 Å². The first-order chi connectivity index (χ1) is 10.3. The maximum atomic E-state index is 6.35. The number of hydrogen-bond donors (Lipinski definition) is 1. The third kappa shape index (κ3) is 3.27. The maximum absolute atomic E-state index is 6.35. The van der Waals surface area contributed by atoms with E-state index in [0.717, 1.165) is 18.6 Å². The predicted octanol–water partition coefficient (Wildman–Crippen LogP) is 3.30. The molecule has 2 heteroatoms. The van der Waals surface area contributed by atoms with E-state index >= 15 is 0 Å². The van der Waals surface area contributed by atoms with E-state index in [0.29, 0.717) is 0 Å². The van der Waals surface area contributed by atoms with Gasteiger partial charge in [-0.05, 0) is 60.4 Å². The van der Waals surface area contributed by atoms with Gasteiger partial charge in [0.25, 0.3) is 0 Å². The Kier molecular flexibility index (Phi) is 4.26. The average Bonchev–Trinajstić information content (AvgIpc) is 2.95. The van der Waals surface area contributed by atoms with Gasteiger partial charge in [0, 0.05) is 6.04 Å². The van der Waals surface area contributed by atoms with Crippen LogP contribution in [0.25, 0.3) is 0 Å². The number of hydrogen-bond acceptors (Lipinski definition) is 2. The zero-order valence-electron chi connectivity index (χ0n) is 12.6. The summed E-state index contributed by atoms with van der Waals surface area (Å²) >= 11 is 0. The minimum Gasteiger partial charge on any atom is -0.496 e. The van der Waals surface area contributed by atoms with Gasteiger partial charge in [-0.3, -0.25) is 0 Å². The van der Waals surface area contributed by atoms with Crippen LogP contribution >= 0.6 is 0 Å². The summed E-state index contributed by atoms with van der Waals surface area (Å²) in [6.45, 7) is 0. The summed E-state index contributed by atoms with van der Waals surface area (Å²) in [5.41, 5.74) is 11.9. The zero-order valence-corrected chi connectivity index (χ0v) is 12.6. The Morgan fingerprint density at radius 1 is 1.05 bits per heavy atom. The topological polar surface area (TPSA) is 35.2 Å². The van der Waals surface area contributed by atoms with Crippen LogP contribution in [0.3, 0.4) is 0 Å². The standard InChI is InChI=1S/C19H23NO/c1-21-19-8-3-2-5-17(19)13-18(20)12-14-9-10-15-6-4-7-16(15)11-14/h2-3,5,8-11,18H,4,6-7,12-13,20H2,1H3. The Balaban J connectivity index is 1.67. The highest BCUT2D eigenvalue weighted by molar-refractivity contribution is 5.37. The summed E-state index contributed by atoms with van der Waals surface area (Å²) in [6.07, 6.45) is 5.53. The highest BCUT2D eigenvalue weighted by Crippen LogP contribution is 2.24. The molecule has 1 unspecified atom stereocenters. The highest BCUT2D eigenvalue weighted by Gasteiger charge is 2.13. The summed E-state index contributed by atoms with van der Waals surface area (Å²) in [6, 6.07) is 15.1. The van der Waals surface area contributed by atoms with Crippen LogP contribution in [-0.4, -0.2) is 13.2 Å². The smallest absolute Gasteiger partial charge is 0.122 e. The van der Waals surface area contributed by atoms with E-state index in [9.17, 15) is 0 Å². The molecule has 0 saturated carbocycles. The lowest BCUT2D eigenvalue weighted by atomic mass is 9.97. The van der Waals surface area contributed by atoms with Crippen LogP contribution in [0.2, 0.25) is 0 Å². The van der Waals surface area contributed by atoms with Crippen molar-refractivity contribution in [1.82, 2.24) is 0 Å². The number of aryl methyl sites for hydroxylation is 2. The molecule has 0 saturated heterocycles. The zero-order chi connectivity index (χ0) is 14.7. The molecule has 3 rings (SSSR count). The van der Waals surface area contributed by atoms with Crippen LogP contribution in [0.1, 0.15) is 28.7 Å². The van der Waals surface area contributed by atoms with Gasteiger partial charge in [0.05, 0.1) is 7.11 Å². The summed E-state index contributed by atoms with van der Waals surface area (Å²) in [5.74, 6) is 0.932. The summed E-state index contributed by atoms with van der Waals surface area (Å²) in [4.78, 5) is 0. The molecule has 1 atom stereocenters. The second-order valence-electron chi connectivity index (χ2n) is 5.94. The van der Waals surface area contributed by atoms with Crippen molar-refractivity contribution >= 4 is 0 Å². The number of nitrogens with two attached hydrogens (primary N) is 1. The Bertz CT molecular complexity index is 621. The van der Waals surface area contributed by atoms with Gasteiger partial charge in [0.1, 0.15) is 5.75 Å². The number of para-hydroxylation sites is 1. The first-order valence-corrected chi connectivity index (χ1v) is 7.74. The minimum atomic E-state index is 0.126. The molecule has 0 spiro atoms. The third-order valence-electron chi connectivity index (χ3n) is 4.34. The van der Waals surface area contributed by atoms with E-state index in [2.05, 4.69) is 24.3 Å². The lowest BCUT2D eigenvalue weighted by Gasteiger charge is -2.15. The van der Waals surface area contributed by atoms with Crippen molar-refractivity contribution in [3.05, 3.63) is 64.7 Å². The Labute approximate surface area is 126 Å². The lowest BCUT2D eigenvalue weighted by molar-refractivity contribution is 0.408. The van der Waals surface area contributed by atoms with Crippen molar-refractivity contribution in [1.29, 1.82) is 0 Å². The molecule has 0 heterocycles. The van der Waals surface area contributed by atoms with Gasteiger partial charge in [-0.1, -0.05) is 36.4 Å². The number of rotatable bonds is 5. The normalized spacial score (nSPS) is 14.8. The molecule has 0 bridgehead atoms. The van der Waals surface area contributed by atoms with Crippen LogP contribution in [0.4, 0.5) is 0 Å². The molecule has 0 aliphatic heterocycles. The monoisotopic (exact) mass is 281 g/mol. The SMILES string of the molecule is COc1ccccc1CC(N)Cc1ccc2c(c1)CCC2. The lowest BCUT2D eigenvalue weighted by Crippen LogP contribution is -2.25. The van der Waals surface area contributed by atoms with Gasteiger partial charge >= 0.3 is 0 Å². The average molecular weight is 281 g/mol. The predicted molar refractivity (Wildman–Crippen MR) is 86.8 cm³/mol. The van der Waals surface area contributed by atoms with Gasteiger partial charge in [-0.15, -0.1) is 0 Å². The molecule has 110 valence electrons. The Morgan fingerprint density at radius 3 is 2.71 bits per heavy atom. The van der Waals surface area contributed by atoms with Crippen molar-refractivity contribution in [3.8, 4) is 5.75 Å². The molecule has 0 fully saturated rings. The summed E-state index contributed by atoms with van der Waals surface area (Å²) in [7, 11) is 1.71. The van der Waals surface area contributed by atoms with Crippen molar-refractivity contribution in [3.63, 3.8) is 0 Å². The van der Waals surface area contributed by atoms with Crippen molar-refractivity contribution in [2.75, 3.05) is 7.11 Å². The van der Waals surface area contributed by atoms with Crippen molar-refractivity contribution in [2.24, 2.45) is 5.73 Å². The van der Waals surface area contributed by atoms with Gasteiger partial charge in [-0.2, -0.15) is 0 Å². The fourth-order valence-electron chi connectivity index (χ4n) is 3.28. The van der Waals surface area contributed by atoms with E-state index in [1.807, 2.05) is 18.2 Å². The van der Waals surface area contributed by atoms with Gasteiger partial charge < -0.3 is 10.5 Å². The first-order valence-electron chi connectivity index (χ1n) is 7.74. The number of methoxy groups -OCH3 is 1. The molecule has 1 aliphatic carbocycles. The molecule has 21 heavy (non-hydrogen) atoms. The molecule has 2 aromatic carbocycles. The van der Waals surface area contributed by atoms with E-state index in [1.54, 1.807) is 7.11 Å². The molecule has 0 radical (unpaired) electrons. The summed E-state index contributed by atoms with van der Waals surface area (Å²) < 4.78 is 5.40. The minimum absolute atomic E-state index is 0.126. The second kappa shape index (κ2) is 6.31. The van der Waals surface area contributed by atoms with Crippen LogP contribution in [0.5, 0.6) is 5.75 Å².